The van der Waals surface area contributed by atoms with E-state index in [9.17, 15) is 4.79 Å². The molecule has 0 aliphatic heterocycles. The normalized spacial score (nSPS) is 16.3. The number of carbonyl (C=O) groups is 1. The van der Waals surface area contributed by atoms with Crippen molar-refractivity contribution in [3.63, 3.8) is 0 Å². The van der Waals surface area contributed by atoms with Crippen LogP contribution in [0, 0.1) is 12.8 Å². The highest BCUT2D eigenvalue weighted by atomic mass is 79.9. The van der Waals surface area contributed by atoms with Gasteiger partial charge < -0.3 is 4.57 Å². The molecule has 0 saturated heterocycles. The van der Waals surface area contributed by atoms with E-state index in [-0.39, 0.29) is 17.7 Å². The quantitative estimate of drug-likeness (QED) is 0.522. The average Bonchev–Trinajstić information content (AvgIpc) is 3.21. The van der Waals surface area contributed by atoms with Gasteiger partial charge in [-0.05, 0) is 54.7 Å². The minimum atomic E-state index is -0.0686. The van der Waals surface area contributed by atoms with Crippen LogP contribution in [-0.4, -0.2) is 20.3 Å². The van der Waals surface area contributed by atoms with E-state index in [0.717, 1.165) is 46.3 Å². The van der Waals surface area contributed by atoms with Crippen LogP contribution in [0.1, 0.15) is 66.2 Å². The zero-order chi connectivity index (χ0) is 19.3. The van der Waals surface area contributed by atoms with Crippen LogP contribution in [0.5, 0.6) is 0 Å². The van der Waals surface area contributed by atoms with E-state index in [4.69, 9.17) is 9.97 Å². The van der Waals surface area contributed by atoms with Crippen molar-refractivity contribution in [1.82, 2.24) is 14.5 Å². The first kappa shape index (κ1) is 18.4. The van der Waals surface area contributed by atoms with Gasteiger partial charge in [-0.3, -0.25) is 4.79 Å². The van der Waals surface area contributed by atoms with E-state index < -0.39 is 0 Å². The maximum absolute atomic E-state index is 12.6. The van der Waals surface area contributed by atoms with Crippen LogP contribution in [0.4, 0.5) is 0 Å². The molecule has 4 nitrogen and oxygen atoms in total. The third kappa shape index (κ3) is 3.02. The number of Topliss-reactive ketones (excluding diaryl/α,β-unsaturated/α-hetero) is 1. The van der Waals surface area contributed by atoms with Crippen molar-refractivity contribution >= 4 is 32.9 Å². The summed E-state index contributed by atoms with van der Waals surface area (Å²) < 4.78 is 3.39. The fourth-order valence-electron chi connectivity index (χ4n) is 4.09. The highest BCUT2D eigenvalue weighted by Gasteiger charge is 2.29. The second-order valence-corrected chi connectivity index (χ2v) is 8.58. The standard InChI is InChI=1S/C22H24BrN3O/c1-5-19-25-20-13(4)10-17(21(27)12(2)3)24-22(20)26(19)18-9-6-14-11-15(23)7-8-16(14)18/h7-8,10-12,18H,5-6,9H2,1-4H3/t18-/m0/s1. The smallest absolute Gasteiger partial charge is 0.183 e. The topological polar surface area (TPSA) is 47.8 Å². The number of nitrogens with zero attached hydrogens (tertiary/aromatic N) is 3. The molecule has 0 saturated carbocycles. The Bertz CT molecular complexity index is 1050. The van der Waals surface area contributed by atoms with Crippen LogP contribution in [0.3, 0.4) is 0 Å². The van der Waals surface area contributed by atoms with Crippen molar-refractivity contribution in [3.05, 3.63) is 56.9 Å². The van der Waals surface area contributed by atoms with Crippen LogP contribution >= 0.6 is 15.9 Å². The van der Waals surface area contributed by atoms with Gasteiger partial charge in [-0.1, -0.05) is 42.8 Å². The van der Waals surface area contributed by atoms with Gasteiger partial charge in [0, 0.05) is 16.8 Å². The summed E-state index contributed by atoms with van der Waals surface area (Å²) in [6.45, 7) is 8.00. The minimum Gasteiger partial charge on any atom is -0.305 e. The second-order valence-electron chi connectivity index (χ2n) is 7.66. The highest BCUT2D eigenvalue weighted by Crippen LogP contribution is 2.38. The maximum atomic E-state index is 12.6. The van der Waals surface area contributed by atoms with Crippen LogP contribution < -0.4 is 0 Å². The molecule has 1 aliphatic carbocycles. The van der Waals surface area contributed by atoms with Crippen molar-refractivity contribution in [2.75, 3.05) is 0 Å². The Kier molecular flexibility index (Phi) is 4.66. The lowest BCUT2D eigenvalue weighted by molar-refractivity contribution is 0.0934. The van der Waals surface area contributed by atoms with Gasteiger partial charge in [0.25, 0.3) is 0 Å². The second kappa shape index (κ2) is 6.86. The van der Waals surface area contributed by atoms with Crippen LogP contribution in [0.25, 0.3) is 11.2 Å². The monoisotopic (exact) mass is 425 g/mol. The lowest BCUT2D eigenvalue weighted by atomic mass is 10.0. The average molecular weight is 426 g/mol. The summed E-state index contributed by atoms with van der Waals surface area (Å²) in [5, 5.41) is 0. The first-order valence-corrected chi connectivity index (χ1v) is 10.4. The Hall–Kier alpha value is -2.01. The SMILES string of the molecule is CCc1nc2c(C)cc(C(=O)C(C)C)nc2n1[C@H]1CCc2cc(Br)ccc21. The Morgan fingerprint density at radius 3 is 2.78 bits per heavy atom. The van der Waals surface area contributed by atoms with Crippen LogP contribution in [0.15, 0.2) is 28.7 Å². The summed E-state index contributed by atoms with van der Waals surface area (Å²) >= 11 is 3.58. The van der Waals surface area contributed by atoms with Crippen molar-refractivity contribution in [1.29, 1.82) is 0 Å². The molecule has 1 atom stereocenters. The van der Waals surface area contributed by atoms with E-state index in [1.54, 1.807) is 0 Å². The molecule has 0 unspecified atom stereocenters. The largest absolute Gasteiger partial charge is 0.305 e. The predicted molar refractivity (Wildman–Crippen MR) is 111 cm³/mol. The molecule has 1 aliphatic rings. The van der Waals surface area contributed by atoms with Gasteiger partial charge in [0.15, 0.2) is 11.4 Å². The van der Waals surface area contributed by atoms with Crippen LogP contribution in [-0.2, 0) is 12.8 Å². The molecule has 5 heteroatoms. The van der Waals surface area contributed by atoms with Gasteiger partial charge in [0.1, 0.15) is 17.0 Å². The molecule has 0 spiro atoms. The van der Waals surface area contributed by atoms with Gasteiger partial charge in [0.05, 0.1) is 6.04 Å². The number of hydrogen-bond acceptors (Lipinski definition) is 3. The fourth-order valence-corrected chi connectivity index (χ4v) is 4.50. The highest BCUT2D eigenvalue weighted by molar-refractivity contribution is 9.10. The molecule has 0 bridgehead atoms. The van der Waals surface area contributed by atoms with E-state index in [0.29, 0.717) is 5.69 Å². The maximum Gasteiger partial charge on any atom is 0.183 e. The van der Waals surface area contributed by atoms with Crippen molar-refractivity contribution in [3.8, 4) is 0 Å². The van der Waals surface area contributed by atoms with E-state index in [2.05, 4.69) is 45.6 Å². The molecular weight excluding hydrogens is 402 g/mol. The summed E-state index contributed by atoms with van der Waals surface area (Å²) in [7, 11) is 0. The molecule has 2 heterocycles. The van der Waals surface area contributed by atoms with Gasteiger partial charge in [-0.25, -0.2) is 9.97 Å². The van der Waals surface area contributed by atoms with E-state index in [1.165, 1.54) is 11.1 Å². The molecule has 27 heavy (non-hydrogen) atoms. The molecule has 0 amide bonds. The van der Waals surface area contributed by atoms with Gasteiger partial charge >= 0.3 is 0 Å². The lowest BCUT2D eigenvalue weighted by Gasteiger charge is -2.18. The zero-order valence-electron chi connectivity index (χ0n) is 16.2. The number of imidazole rings is 1. The number of pyridine rings is 1. The summed E-state index contributed by atoms with van der Waals surface area (Å²) in [5.41, 5.74) is 6.05. The number of aryl methyl sites for hydroxylation is 3. The third-order valence-corrected chi connectivity index (χ3v) is 5.96. The Morgan fingerprint density at radius 1 is 1.30 bits per heavy atom. The molecule has 0 N–H and O–H groups in total. The first-order chi connectivity index (χ1) is 12.9. The number of fused-ring (bicyclic) bond motifs is 2. The molecule has 2 aromatic heterocycles. The van der Waals surface area contributed by atoms with Crippen molar-refractivity contribution in [2.24, 2.45) is 5.92 Å². The molecule has 0 fully saturated rings. The summed E-state index contributed by atoms with van der Waals surface area (Å²) in [5.74, 6) is 1.05. The Labute approximate surface area is 168 Å². The summed E-state index contributed by atoms with van der Waals surface area (Å²) in [6, 6.07) is 8.64. The predicted octanol–water partition coefficient (Wildman–Crippen LogP) is 5.44. The van der Waals surface area contributed by atoms with Gasteiger partial charge in [0.2, 0.25) is 0 Å². The first-order valence-electron chi connectivity index (χ1n) is 9.61. The Balaban J connectivity index is 1.94. The summed E-state index contributed by atoms with van der Waals surface area (Å²) in [6.07, 6.45) is 2.92. The molecule has 4 rings (SSSR count). The van der Waals surface area contributed by atoms with Crippen molar-refractivity contribution < 1.29 is 4.79 Å². The lowest BCUT2D eigenvalue weighted by Crippen LogP contribution is -2.14. The number of ketones is 1. The number of rotatable bonds is 4. The number of halogens is 1. The van der Waals surface area contributed by atoms with E-state index >= 15 is 0 Å². The molecule has 3 aromatic rings. The third-order valence-electron chi connectivity index (χ3n) is 5.47. The minimum absolute atomic E-state index is 0.0686. The molecule has 0 radical (unpaired) electrons. The number of carbonyl (C=O) groups excluding carboxylic acids is 1. The van der Waals surface area contributed by atoms with Crippen LogP contribution in [0.2, 0.25) is 0 Å². The van der Waals surface area contributed by atoms with Gasteiger partial charge in [-0.2, -0.15) is 0 Å². The fraction of sp³-hybridized carbons (Fsp3) is 0.409. The molecular formula is C22H24BrN3O. The zero-order valence-corrected chi connectivity index (χ0v) is 17.8. The van der Waals surface area contributed by atoms with Gasteiger partial charge in [-0.15, -0.1) is 0 Å². The molecule has 140 valence electrons. The number of benzene rings is 1. The number of hydrogen-bond donors (Lipinski definition) is 0. The summed E-state index contributed by atoms with van der Waals surface area (Å²) in [4.78, 5) is 22.3. The number of aromatic nitrogens is 3. The van der Waals surface area contributed by atoms with E-state index in [1.807, 2.05) is 26.8 Å². The Morgan fingerprint density at radius 2 is 2.07 bits per heavy atom. The van der Waals surface area contributed by atoms with Crippen molar-refractivity contribution in [2.45, 2.75) is 53.0 Å². The molecule has 1 aromatic carbocycles.